The zero-order valence-electron chi connectivity index (χ0n) is 11.4. The number of aromatic amines is 1. The van der Waals surface area contributed by atoms with Crippen LogP contribution < -0.4 is 15.6 Å². The Labute approximate surface area is 116 Å². The van der Waals surface area contributed by atoms with Gasteiger partial charge in [-0.2, -0.15) is 0 Å². The van der Waals surface area contributed by atoms with Crippen molar-refractivity contribution in [1.29, 1.82) is 0 Å². The van der Waals surface area contributed by atoms with Gasteiger partial charge in [-0.1, -0.05) is 6.07 Å². The summed E-state index contributed by atoms with van der Waals surface area (Å²) in [6.45, 7) is 4.36. The van der Waals surface area contributed by atoms with Crippen molar-refractivity contribution in [2.75, 3.05) is 11.9 Å². The minimum atomic E-state index is -0.300. The molecule has 1 heterocycles. The molecule has 0 aliphatic heterocycles. The van der Waals surface area contributed by atoms with E-state index in [0.717, 1.165) is 5.56 Å². The molecule has 20 heavy (non-hydrogen) atoms. The highest BCUT2D eigenvalue weighted by molar-refractivity contribution is 6.04. The van der Waals surface area contributed by atoms with Crippen LogP contribution in [0.3, 0.4) is 0 Å². The lowest BCUT2D eigenvalue weighted by Crippen LogP contribution is -2.15. The van der Waals surface area contributed by atoms with E-state index in [1.165, 1.54) is 18.3 Å². The van der Waals surface area contributed by atoms with E-state index >= 15 is 0 Å². The molecule has 0 aliphatic carbocycles. The Morgan fingerprint density at radius 1 is 1.30 bits per heavy atom. The summed E-state index contributed by atoms with van der Waals surface area (Å²) in [5, 5.41) is 2.77. The average molecular weight is 272 g/mol. The van der Waals surface area contributed by atoms with Crippen LogP contribution in [0, 0.1) is 6.92 Å². The number of benzene rings is 1. The number of anilines is 1. The van der Waals surface area contributed by atoms with E-state index in [-0.39, 0.29) is 11.5 Å². The number of aromatic nitrogens is 1. The Morgan fingerprint density at radius 3 is 2.75 bits per heavy atom. The average Bonchev–Trinajstić information content (AvgIpc) is 2.43. The Hall–Kier alpha value is -2.56. The Morgan fingerprint density at radius 2 is 2.10 bits per heavy atom. The van der Waals surface area contributed by atoms with Gasteiger partial charge >= 0.3 is 0 Å². The minimum absolute atomic E-state index is 0.244. The summed E-state index contributed by atoms with van der Waals surface area (Å²) in [6, 6.07) is 8.34. The van der Waals surface area contributed by atoms with Crippen LogP contribution in [0.25, 0.3) is 0 Å². The summed E-state index contributed by atoms with van der Waals surface area (Å²) in [5.74, 6) is 0.330. The maximum atomic E-state index is 12.1. The van der Waals surface area contributed by atoms with Crippen LogP contribution in [0.15, 0.2) is 41.3 Å². The van der Waals surface area contributed by atoms with Gasteiger partial charge < -0.3 is 15.0 Å². The third-order valence-corrected chi connectivity index (χ3v) is 2.73. The first-order chi connectivity index (χ1) is 9.60. The van der Waals surface area contributed by atoms with Crippen molar-refractivity contribution >= 4 is 11.6 Å². The molecule has 0 bridgehead atoms. The minimum Gasteiger partial charge on any atom is -0.492 e. The second-order valence-electron chi connectivity index (χ2n) is 4.33. The second-order valence-corrected chi connectivity index (χ2v) is 4.33. The number of pyridine rings is 1. The first kappa shape index (κ1) is 13.9. The topological polar surface area (TPSA) is 71.2 Å². The molecule has 5 nitrogen and oxygen atoms in total. The van der Waals surface area contributed by atoms with Crippen molar-refractivity contribution in [3.8, 4) is 5.75 Å². The van der Waals surface area contributed by atoms with Gasteiger partial charge in [0.2, 0.25) is 5.56 Å². The molecular weight excluding hydrogens is 256 g/mol. The van der Waals surface area contributed by atoms with Crippen LogP contribution in [0.5, 0.6) is 5.75 Å². The monoisotopic (exact) mass is 272 g/mol. The number of hydrogen-bond acceptors (Lipinski definition) is 3. The Kier molecular flexibility index (Phi) is 4.20. The SMILES string of the molecule is CCOc1cc(C)ccc1NC(=O)c1ccc(=O)[nH]c1. The van der Waals surface area contributed by atoms with Gasteiger partial charge in [-0.05, 0) is 37.6 Å². The van der Waals surface area contributed by atoms with Crippen LogP contribution in [0.4, 0.5) is 5.69 Å². The third kappa shape index (κ3) is 3.26. The molecule has 0 unspecified atom stereocenters. The van der Waals surface area contributed by atoms with Crippen molar-refractivity contribution < 1.29 is 9.53 Å². The number of carbonyl (C=O) groups excluding carboxylic acids is 1. The molecule has 1 aromatic heterocycles. The number of nitrogens with one attached hydrogen (secondary N) is 2. The zero-order chi connectivity index (χ0) is 14.5. The molecular formula is C15H16N2O3. The molecule has 1 amide bonds. The summed E-state index contributed by atoms with van der Waals surface area (Å²) >= 11 is 0. The molecule has 0 atom stereocenters. The third-order valence-electron chi connectivity index (χ3n) is 2.73. The van der Waals surface area contributed by atoms with Crippen LogP contribution in [-0.4, -0.2) is 17.5 Å². The molecule has 1 aromatic carbocycles. The van der Waals surface area contributed by atoms with Gasteiger partial charge in [0, 0.05) is 12.3 Å². The molecule has 0 fully saturated rings. The first-order valence-corrected chi connectivity index (χ1v) is 6.33. The molecule has 0 spiro atoms. The van der Waals surface area contributed by atoms with Crippen LogP contribution in [0.1, 0.15) is 22.8 Å². The molecule has 2 aromatic rings. The van der Waals surface area contributed by atoms with Gasteiger partial charge in [0.1, 0.15) is 5.75 Å². The first-order valence-electron chi connectivity index (χ1n) is 6.33. The quantitative estimate of drug-likeness (QED) is 0.897. The largest absolute Gasteiger partial charge is 0.492 e. The number of H-pyrrole nitrogens is 1. The Balaban J connectivity index is 2.23. The van der Waals surface area contributed by atoms with E-state index in [1.807, 2.05) is 26.0 Å². The number of aryl methyl sites for hydroxylation is 1. The van der Waals surface area contributed by atoms with Crippen molar-refractivity contribution in [2.24, 2.45) is 0 Å². The van der Waals surface area contributed by atoms with E-state index in [2.05, 4.69) is 10.3 Å². The molecule has 5 heteroatoms. The van der Waals surface area contributed by atoms with E-state index in [0.29, 0.717) is 23.6 Å². The summed E-state index contributed by atoms with van der Waals surface area (Å²) in [6.07, 6.45) is 1.38. The van der Waals surface area contributed by atoms with Crippen LogP contribution in [-0.2, 0) is 0 Å². The predicted octanol–water partition coefficient (Wildman–Crippen LogP) is 2.33. The highest BCUT2D eigenvalue weighted by Crippen LogP contribution is 2.26. The molecule has 0 saturated carbocycles. The number of ether oxygens (including phenoxy) is 1. The predicted molar refractivity (Wildman–Crippen MR) is 77.4 cm³/mol. The smallest absolute Gasteiger partial charge is 0.257 e. The maximum absolute atomic E-state index is 12.1. The van der Waals surface area contributed by atoms with Crippen LogP contribution in [0.2, 0.25) is 0 Å². The summed E-state index contributed by atoms with van der Waals surface area (Å²) in [7, 11) is 0. The maximum Gasteiger partial charge on any atom is 0.257 e. The summed E-state index contributed by atoms with van der Waals surface area (Å²) < 4.78 is 5.50. The fraction of sp³-hybridized carbons (Fsp3) is 0.200. The van der Waals surface area contributed by atoms with Crippen molar-refractivity contribution in [3.05, 3.63) is 58.0 Å². The van der Waals surface area contributed by atoms with Crippen molar-refractivity contribution in [1.82, 2.24) is 4.98 Å². The van der Waals surface area contributed by atoms with E-state index in [9.17, 15) is 9.59 Å². The number of carbonyl (C=O) groups is 1. The van der Waals surface area contributed by atoms with E-state index in [4.69, 9.17) is 4.74 Å². The van der Waals surface area contributed by atoms with E-state index in [1.54, 1.807) is 6.07 Å². The molecule has 2 rings (SSSR count). The number of amides is 1. The van der Waals surface area contributed by atoms with Crippen molar-refractivity contribution in [2.45, 2.75) is 13.8 Å². The molecule has 104 valence electrons. The lowest BCUT2D eigenvalue weighted by Gasteiger charge is -2.12. The molecule has 0 aliphatic rings. The van der Waals surface area contributed by atoms with Gasteiger partial charge in [-0.3, -0.25) is 9.59 Å². The standard InChI is InChI=1S/C15H16N2O3/c1-3-20-13-8-10(2)4-6-12(13)17-15(19)11-5-7-14(18)16-9-11/h4-9H,3H2,1-2H3,(H,16,18)(H,17,19). The molecule has 2 N–H and O–H groups in total. The lowest BCUT2D eigenvalue weighted by molar-refractivity contribution is 0.102. The fourth-order valence-corrected chi connectivity index (χ4v) is 1.75. The van der Waals surface area contributed by atoms with Gasteiger partial charge in [0.25, 0.3) is 5.91 Å². The molecule has 0 saturated heterocycles. The Bertz CT molecular complexity index is 657. The zero-order valence-corrected chi connectivity index (χ0v) is 11.4. The highest BCUT2D eigenvalue weighted by atomic mass is 16.5. The highest BCUT2D eigenvalue weighted by Gasteiger charge is 2.10. The number of rotatable bonds is 4. The van der Waals surface area contributed by atoms with Gasteiger partial charge in [0.05, 0.1) is 17.9 Å². The van der Waals surface area contributed by atoms with Gasteiger partial charge in [-0.15, -0.1) is 0 Å². The van der Waals surface area contributed by atoms with Crippen molar-refractivity contribution in [3.63, 3.8) is 0 Å². The summed E-state index contributed by atoms with van der Waals surface area (Å²) in [4.78, 5) is 25.5. The second kappa shape index (κ2) is 6.06. The normalized spacial score (nSPS) is 10.1. The molecule has 0 radical (unpaired) electrons. The fourth-order valence-electron chi connectivity index (χ4n) is 1.75. The lowest BCUT2D eigenvalue weighted by atomic mass is 10.2. The van der Waals surface area contributed by atoms with Crippen LogP contribution >= 0.6 is 0 Å². The van der Waals surface area contributed by atoms with Gasteiger partial charge in [-0.25, -0.2) is 0 Å². The van der Waals surface area contributed by atoms with E-state index < -0.39 is 0 Å². The summed E-state index contributed by atoms with van der Waals surface area (Å²) in [5.41, 5.74) is 1.80. The number of hydrogen-bond donors (Lipinski definition) is 2. The van der Waals surface area contributed by atoms with Gasteiger partial charge in [0.15, 0.2) is 0 Å².